The third-order valence-electron chi connectivity index (χ3n) is 3.53. The van der Waals surface area contributed by atoms with Gasteiger partial charge in [0.05, 0.1) is 11.0 Å². The molecular formula is C17H13N3O3. The topological polar surface area (TPSA) is 73.3 Å². The molecule has 2 aromatic carbocycles. The van der Waals surface area contributed by atoms with Crippen LogP contribution in [0.5, 0.6) is 11.5 Å². The number of carbonyl (C=O) groups excluding carboxylic acids is 1. The van der Waals surface area contributed by atoms with Gasteiger partial charge in [0, 0.05) is 23.6 Å². The first-order chi connectivity index (χ1) is 11.3. The number of carbonyl (C=O) groups is 1. The van der Waals surface area contributed by atoms with Gasteiger partial charge in [0.1, 0.15) is 13.2 Å². The number of nitrogens with zero attached hydrogens (tertiary/aromatic N) is 2. The van der Waals surface area contributed by atoms with Gasteiger partial charge in [-0.05, 0) is 36.4 Å². The van der Waals surface area contributed by atoms with Gasteiger partial charge in [-0.15, -0.1) is 0 Å². The summed E-state index contributed by atoms with van der Waals surface area (Å²) >= 11 is 0. The van der Waals surface area contributed by atoms with E-state index in [0.717, 1.165) is 11.0 Å². The van der Waals surface area contributed by atoms with E-state index in [-0.39, 0.29) is 5.91 Å². The van der Waals surface area contributed by atoms with Crippen LogP contribution in [0.1, 0.15) is 10.4 Å². The second kappa shape index (κ2) is 5.57. The van der Waals surface area contributed by atoms with Crippen LogP contribution in [-0.2, 0) is 0 Å². The Morgan fingerprint density at radius 3 is 2.57 bits per heavy atom. The molecular weight excluding hydrogens is 294 g/mol. The molecule has 1 aromatic heterocycles. The van der Waals surface area contributed by atoms with Gasteiger partial charge in [-0.3, -0.25) is 14.8 Å². The Bertz CT molecular complexity index is 895. The van der Waals surface area contributed by atoms with E-state index in [0.29, 0.717) is 36.0 Å². The number of aromatic nitrogens is 2. The molecule has 1 aliphatic heterocycles. The Kier molecular flexibility index (Phi) is 3.27. The van der Waals surface area contributed by atoms with Gasteiger partial charge < -0.3 is 14.8 Å². The van der Waals surface area contributed by atoms with Gasteiger partial charge in [0.15, 0.2) is 11.5 Å². The van der Waals surface area contributed by atoms with E-state index in [1.165, 1.54) is 0 Å². The fourth-order valence-corrected chi connectivity index (χ4v) is 2.43. The molecule has 3 aromatic rings. The molecule has 6 heteroatoms. The lowest BCUT2D eigenvalue weighted by atomic mass is 10.1. The average Bonchev–Trinajstić information content (AvgIpc) is 2.61. The lowest BCUT2D eigenvalue weighted by Gasteiger charge is -2.18. The molecule has 1 N–H and O–H groups in total. The summed E-state index contributed by atoms with van der Waals surface area (Å²) in [6.45, 7) is 1.01. The summed E-state index contributed by atoms with van der Waals surface area (Å²) in [5.74, 6) is 1.03. The zero-order valence-electron chi connectivity index (χ0n) is 12.2. The lowest BCUT2D eigenvalue weighted by molar-refractivity contribution is 0.102. The number of hydrogen-bond acceptors (Lipinski definition) is 5. The fourth-order valence-electron chi connectivity index (χ4n) is 2.43. The summed E-state index contributed by atoms with van der Waals surface area (Å²) in [6.07, 6.45) is 3.25. The first-order valence-corrected chi connectivity index (χ1v) is 7.21. The van der Waals surface area contributed by atoms with Crippen LogP contribution in [0, 0.1) is 0 Å². The normalized spacial score (nSPS) is 12.9. The third-order valence-corrected chi connectivity index (χ3v) is 3.53. The molecule has 0 saturated heterocycles. The van der Waals surface area contributed by atoms with Crippen LogP contribution in [0.4, 0.5) is 5.69 Å². The summed E-state index contributed by atoms with van der Waals surface area (Å²) in [6, 6.07) is 10.6. The first kappa shape index (κ1) is 13.5. The van der Waals surface area contributed by atoms with Crippen molar-refractivity contribution in [3.05, 3.63) is 54.4 Å². The van der Waals surface area contributed by atoms with E-state index in [1.54, 1.807) is 42.7 Å². The quantitative estimate of drug-likeness (QED) is 0.788. The number of benzene rings is 2. The maximum Gasteiger partial charge on any atom is 0.255 e. The Morgan fingerprint density at radius 2 is 1.70 bits per heavy atom. The molecule has 6 nitrogen and oxygen atoms in total. The summed E-state index contributed by atoms with van der Waals surface area (Å²) < 4.78 is 11.0. The number of nitrogens with one attached hydrogen (secondary N) is 1. The highest BCUT2D eigenvalue weighted by atomic mass is 16.6. The number of anilines is 1. The molecule has 114 valence electrons. The van der Waals surface area contributed by atoms with Crippen LogP contribution >= 0.6 is 0 Å². The van der Waals surface area contributed by atoms with E-state index in [2.05, 4.69) is 15.3 Å². The molecule has 4 rings (SSSR count). The SMILES string of the molecule is O=C(Nc1ccc2nccnc2c1)c1ccc2c(c1)OCCO2. The molecule has 0 atom stereocenters. The van der Waals surface area contributed by atoms with E-state index < -0.39 is 0 Å². The predicted molar refractivity (Wildman–Crippen MR) is 84.9 cm³/mol. The maximum absolute atomic E-state index is 12.4. The second-order valence-electron chi connectivity index (χ2n) is 5.07. The van der Waals surface area contributed by atoms with Crippen molar-refractivity contribution in [2.75, 3.05) is 18.5 Å². The van der Waals surface area contributed by atoms with Crippen molar-refractivity contribution in [3.8, 4) is 11.5 Å². The van der Waals surface area contributed by atoms with Gasteiger partial charge in [-0.25, -0.2) is 0 Å². The molecule has 23 heavy (non-hydrogen) atoms. The Balaban J connectivity index is 1.59. The largest absolute Gasteiger partial charge is 0.486 e. The van der Waals surface area contributed by atoms with E-state index >= 15 is 0 Å². The Labute approximate surface area is 132 Å². The molecule has 1 amide bonds. The van der Waals surface area contributed by atoms with Crippen molar-refractivity contribution in [2.24, 2.45) is 0 Å². The highest BCUT2D eigenvalue weighted by Crippen LogP contribution is 2.31. The van der Waals surface area contributed by atoms with Crippen molar-refractivity contribution in [1.29, 1.82) is 0 Å². The van der Waals surface area contributed by atoms with Crippen LogP contribution in [0.2, 0.25) is 0 Å². The molecule has 2 heterocycles. The molecule has 0 radical (unpaired) electrons. The number of hydrogen-bond donors (Lipinski definition) is 1. The smallest absolute Gasteiger partial charge is 0.255 e. The van der Waals surface area contributed by atoms with Crippen molar-refractivity contribution < 1.29 is 14.3 Å². The van der Waals surface area contributed by atoms with Gasteiger partial charge in [0.2, 0.25) is 0 Å². The molecule has 1 aliphatic rings. The minimum atomic E-state index is -0.217. The molecule has 0 spiro atoms. The van der Waals surface area contributed by atoms with Crippen molar-refractivity contribution in [3.63, 3.8) is 0 Å². The first-order valence-electron chi connectivity index (χ1n) is 7.21. The third kappa shape index (κ3) is 2.66. The van der Waals surface area contributed by atoms with Crippen LogP contribution in [0.3, 0.4) is 0 Å². The summed E-state index contributed by atoms with van der Waals surface area (Å²) in [7, 11) is 0. The van der Waals surface area contributed by atoms with Gasteiger partial charge >= 0.3 is 0 Å². The maximum atomic E-state index is 12.4. The van der Waals surface area contributed by atoms with E-state index in [9.17, 15) is 4.79 Å². The second-order valence-corrected chi connectivity index (χ2v) is 5.07. The van der Waals surface area contributed by atoms with Crippen LogP contribution in [0.15, 0.2) is 48.8 Å². The van der Waals surface area contributed by atoms with Gasteiger partial charge in [-0.1, -0.05) is 0 Å². The Hall–Kier alpha value is -3.15. The van der Waals surface area contributed by atoms with Crippen molar-refractivity contribution in [1.82, 2.24) is 9.97 Å². The Morgan fingerprint density at radius 1 is 0.913 bits per heavy atom. The molecule has 0 saturated carbocycles. The monoisotopic (exact) mass is 307 g/mol. The van der Waals surface area contributed by atoms with E-state index in [1.807, 2.05) is 6.07 Å². The number of ether oxygens (including phenoxy) is 2. The lowest BCUT2D eigenvalue weighted by Crippen LogP contribution is -2.17. The van der Waals surface area contributed by atoms with Crippen molar-refractivity contribution in [2.45, 2.75) is 0 Å². The zero-order valence-corrected chi connectivity index (χ0v) is 12.2. The predicted octanol–water partition coefficient (Wildman–Crippen LogP) is 2.65. The number of rotatable bonds is 2. The van der Waals surface area contributed by atoms with Gasteiger partial charge in [0.25, 0.3) is 5.91 Å². The fraction of sp³-hybridized carbons (Fsp3) is 0.118. The van der Waals surface area contributed by atoms with Crippen LogP contribution < -0.4 is 14.8 Å². The molecule has 0 aliphatic carbocycles. The minimum Gasteiger partial charge on any atom is -0.486 e. The summed E-state index contributed by atoms with van der Waals surface area (Å²) in [5.41, 5.74) is 2.68. The summed E-state index contributed by atoms with van der Waals surface area (Å²) in [5, 5.41) is 2.85. The molecule has 0 bridgehead atoms. The van der Waals surface area contributed by atoms with Crippen molar-refractivity contribution >= 4 is 22.6 Å². The molecule has 0 fully saturated rings. The van der Waals surface area contributed by atoms with Gasteiger partial charge in [-0.2, -0.15) is 0 Å². The number of fused-ring (bicyclic) bond motifs is 2. The molecule has 0 unspecified atom stereocenters. The van der Waals surface area contributed by atoms with Crippen LogP contribution in [-0.4, -0.2) is 29.1 Å². The average molecular weight is 307 g/mol. The minimum absolute atomic E-state index is 0.217. The number of amides is 1. The summed E-state index contributed by atoms with van der Waals surface area (Å²) in [4.78, 5) is 20.8. The zero-order chi connectivity index (χ0) is 15.6. The standard InChI is InChI=1S/C17H13N3O3/c21-17(11-1-4-15-16(9-11)23-8-7-22-15)20-12-2-3-13-14(10-12)19-6-5-18-13/h1-6,9-10H,7-8H2,(H,20,21). The van der Waals surface area contributed by atoms with Crippen LogP contribution in [0.25, 0.3) is 11.0 Å². The van der Waals surface area contributed by atoms with E-state index in [4.69, 9.17) is 9.47 Å². The highest BCUT2D eigenvalue weighted by molar-refractivity contribution is 6.05. The highest BCUT2D eigenvalue weighted by Gasteiger charge is 2.15.